The molecule has 0 atom stereocenters. The molecule has 0 saturated carbocycles. The van der Waals surface area contributed by atoms with Gasteiger partial charge >= 0.3 is 0 Å². The summed E-state index contributed by atoms with van der Waals surface area (Å²) in [6.45, 7) is 7.14. The third kappa shape index (κ3) is 9.43. The van der Waals surface area contributed by atoms with Crippen molar-refractivity contribution in [1.82, 2.24) is 0 Å². The molecule has 7 heteroatoms. The van der Waals surface area contributed by atoms with Gasteiger partial charge in [-0.2, -0.15) is 4.39 Å². The number of ether oxygens (including phenoxy) is 2. The topological polar surface area (TPSA) is 40.0 Å². The third-order valence-corrected chi connectivity index (χ3v) is 3.94. The minimum absolute atomic E-state index is 0.125. The molecule has 146 valence electrons. The highest BCUT2D eigenvalue weighted by Crippen LogP contribution is 2.34. The molecular weight excluding hydrogens is 425 g/mol. The second-order valence-electron chi connectivity index (χ2n) is 5.83. The summed E-state index contributed by atoms with van der Waals surface area (Å²) in [7, 11) is 0. The van der Waals surface area contributed by atoms with E-state index in [2.05, 4.69) is 21.1 Å². The molecule has 0 aliphatic rings. The molecule has 0 spiro atoms. The zero-order valence-corrected chi connectivity index (χ0v) is 17.8. The summed E-state index contributed by atoms with van der Waals surface area (Å²) in [5.41, 5.74) is 1.88. The summed E-state index contributed by atoms with van der Waals surface area (Å²) >= 11 is 9.04. The van der Waals surface area contributed by atoms with Gasteiger partial charge in [0.25, 0.3) is 0 Å². The zero-order chi connectivity index (χ0) is 19.4. The number of oxime groups is 1. The molecule has 0 saturated heterocycles. The van der Waals surface area contributed by atoms with Crippen LogP contribution in [0.5, 0.6) is 11.5 Å². The smallest absolute Gasteiger partial charge is 0.165 e. The van der Waals surface area contributed by atoms with E-state index >= 15 is 0 Å². The van der Waals surface area contributed by atoms with E-state index in [0.29, 0.717) is 29.7 Å². The van der Waals surface area contributed by atoms with Gasteiger partial charge in [0.05, 0.1) is 17.3 Å². The third-order valence-electron chi connectivity index (χ3n) is 3.34. The molecule has 26 heavy (non-hydrogen) atoms. The van der Waals surface area contributed by atoms with Gasteiger partial charge in [0, 0.05) is 6.07 Å². The minimum atomic E-state index is -0.457. The molecule has 0 unspecified atom stereocenters. The van der Waals surface area contributed by atoms with Gasteiger partial charge in [-0.25, -0.2) is 0 Å². The number of hydrogen-bond donors (Lipinski definition) is 0. The molecule has 0 bridgehead atoms. The largest absolute Gasteiger partial charge is 0.492 e. The lowest BCUT2D eigenvalue weighted by atomic mass is 10.1. The second-order valence-corrected chi connectivity index (χ2v) is 7.00. The van der Waals surface area contributed by atoms with Gasteiger partial charge in [-0.15, -0.1) is 0 Å². The molecule has 1 aromatic carbocycles. The number of hydrogen-bond acceptors (Lipinski definition) is 4. The van der Waals surface area contributed by atoms with Crippen LogP contribution in [0.25, 0.3) is 0 Å². The lowest BCUT2D eigenvalue weighted by Gasteiger charge is -2.14. The number of nitrogens with zero attached hydrogens (tertiary/aromatic N) is 1. The monoisotopic (exact) mass is 449 g/mol. The Morgan fingerprint density at radius 3 is 2.58 bits per heavy atom. The Morgan fingerprint density at radius 2 is 1.92 bits per heavy atom. The molecule has 0 aromatic heterocycles. The summed E-state index contributed by atoms with van der Waals surface area (Å²) in [5.74, 6) is 1.28. The lowest BCUT2D eigenvalue weighted by Crippen LogP contribution is -2.03. The van der Waals surface area contributed by atoms with E-state index in [9.17, 15) is 4.39 Å². The molecule has 1 rings (SSSR count). The molecule has 1 aromatic rings. The van der Waals surface area contributed by atoms with Crippen molar-refractivity contribution >= 4 is 33.2 Å². The van der Waals surface area contributed by atoms with E-state index in [1.54, 1.807) is 6.07 Å². The van der Waals surface area contributed by atoms with Crippen LogP contribution in [0.2, 0.25) is 5.02 Å². The van der Waals surface area contributed by atoms with Gasteiger partial charge in [-0.05, 0) is 73.2 Å². The molecule has 4 nitrogen and oxygen atoms in total. The summed E-state index contributed by atoms with van der Waals surface area (Å²) in [5, 5.41) is 4.39. The molecular formula is C19H26BrClFNO3. The Morgan fingerprint density at radius 1 is 1.19 bits per heavy atom. The Bertz CT molecular complexity index is 615. The minimum Gasteiger partial charge on any atom is -0.492 e. The van der Waals surface area contributed by atoms with Crippen molar-refractivity contribution in [1.29, 1.82) is 0 Å². The Labute approximate surface area is 168 Å². The van der Waals surface area contributed by atoms with Gasteiger partial charge in [-0.1, -0.05) is 23.7 Å². The predicted molar refractivity (Wildman–Crippen MR) is 109 cm³/mol. The van der Waals surface area contributed by atoms with Crippen molar-refractivity contribution in [2.24, 2.45) is 5.16 Å². The van der Waals surface area contributed by atoms with E-state index < -0.39 is 4.74 Å². The maximum absolute atomic E-state index is 12.6. The first-order chi connectivity index (χ1) is 12.4. The maximum atomic E-state index is 12.6. The Hall–Kier alpha value is -1.27. The number of unbranched alkanes of at least 4 members (excludes halogenated alkanes) is 2. The molecule has 0 aliphatic heterocycles. The van der Waals surface area contributed by atoms with Crippen LogP contribution in [0.3, 0.4) is 0 Å². The molecule has 0 amide bonds. The van der Waals surface area contributed by atoms with E-state index in [0.717, 1.165) is 37.0 Å². The van der Waals surface area contributed by atoms with E-state index in [1.807, 2.05) is 26.8 Å². The summed E-state index contributed by atoms with van der Waals surface area (Å²) in [4.78, 5) is 5.16. The molecule has 0 fully saturated rings. The van der Waals surface area contributed by atoms with Gasteiger partial charge in [-0.3, -0.25) is 0 Å². The molecule has 0 aliphatic carbocycles. The number of aryl methyl sites for hydroxylation is 1. The summed E-state index contributed by atoms with van der Waals surface area (Å²) in [6.07, 6.45) is 4.88. The zero-order valence-electron chi connectivity index (χ0n) is 15.5. The average molecular weight is 451 g/mol. The van der Waals surface area contributed by atoms with E-state index in [1.165, 1.54) is 6.08 Å². The first kappa shape index (κ1) is 22.8. The molecule has 0 radical (unpaired) electrons. The standard InChI is InChI=1S/C19H26BrClFNO3/c1-4-15-12-16(24-11-8-18(20)22)13-17(21)19(15)25-9-6-5-7-10-26-23-14(2)3/h8,12-13H,4-7,9-11H2,1-3H3/b18-8-. The summed E-state index contributed by atoms with van der Waals surface area (Å²) < 4.78 is 23.5. The van der Waals surface area contributed by atoms with Crippen LogP contribution in [0, 0.1) is 0 Å². The van der Waals surface area contributed by atoms with Crippen LogP contribution in [-0.4, -0.2) is 25.5 Å². The maximum Gasteiger partial charge on any atom is 0.165 e. The van der Waals surface area contributed by atoms with Crippen LogP contribution in [0.4, 0.5) is 4.39 Å². The van der Waals surface area contributed by atoms with Crippen molar-refractivity contribution in [3.63, 3.8) is 0 Å². The molecule has 0 heterocycles. The van der Waals surface area contributed by atoms with Gasteiger partial charge < -0.3 is 14.3 Å². The molecule has 0 N–H and O–H groups in total. The second kappa shape index (κ2) is 13.0. The SMILES string of the molecule is CCc1cc(OC/C=C(\F)Br)cc(Cl)c1OCCCCCON=C(C)C. The average Bonchev–Trinajstić information content (AvgIpc) is 2.57. The number of rotatable bonds is 12. The first-order valence-corrected chi connectivity index (χ1v) is 9.83. The van der Waals surface area contributed by atoms with Crippen LogP contribution < -0.4 is 9.47 Å². The Kier molecular flexibility index (Phi) is 11.4. The highest BCUT2D eigenvalue weighted by atomic mass is 79.9. The Balaban J connectivity index is 2.46. The highest BCUT2D eigenvalue weighted by molar-refractivity contribution is 9.11. The van der Waals surface area contributed by atoms with E-state index in [-0.39, 0.29) is 6.61 Å². The van der Waals surface area contributed by atoms with E-state index in [4.69, 9.17) is 25.9 Å². The predicted octanol–water partition coefficient (Wildman–Crippen LogP) is 6.45. The van der Waals surface area contributed by atoms with Crippen molar-refractivity contribution < 1.29 is 18.7 Å². The summed E-state index contributed by atoms with van der Waals surface area (Å²) in [6, 6.07) is 3.56. The fourth-order valence-corrected chi connectivity index (χ4v) is 2.54. The quantitative estimate of drug-likeness (QED) is 0.209. The van der Waals surface area contributed by atoms with Crippen LogP contribution in [-0.2, 0) is 11.3 Å². The van der Waals surface area contributed by atoms with Crippen LogP contribution in [0.15, 0.2) is 28.1 Å². The normalized spacial score (nSPS) is 11.2. The van der Waals surface area contributed by atoms with Gasteiger partial charge in [0.2, 0.25) is 0 Å². The first-order valence-electron chi connectivity index (χ1n) is 8.66. The van der Waals surface area contributed by atoms with Crippen molar-refractivity contribution in [2.45, 2.75) is 46.5 Å². The number of halogens is 3. The lowest BCUT2D eigenvalue weighted by molar-refractivity contribution is 0.138. The van der Waals surface area contributed by atoms with Gasteiger partial charge in [0.1, 0.15) is 24.7 Å². The van der Waals surface area contributed by atoms with Crippen LogP contribution >= 0.6 is 27.5 Å². The van der Waals surface area contributed by atoms with Gasteiger partial charge in [0.15, 0.2) is 4.74 Å². The van der Waals surface area contributed by atoms with Crippen LogP contribution in [0.1, 0.15) is 45.6 Å². The highest BCUT2D eigenvalue weighted by Gasteiger charge is 2.11. The van der Waals surface area contributed by atoms with Crippen molar-refractivity contribution in [3.05, 3.63) is 33.5 Å². The fourth-order valence-electron chi connectivity index (χ4n) is 2.13. The van der Waals surface area contributed by atoms with Crippen molar-refractivity contribution in [2.75, 3.05) is 19.8 Å². The number of benzene rings is 1. The fraction of sp³-hybridized carbons (Fsp3) is 0.526. The van der Waals surface area contributed by atoms with Crippen molar-refractivity contribution in [3.8, 4) is 11.5 Å².